The summed E-state index contributed by atoms with van der Waals surface area (Å²) in [6, 6.07) is 11.0. The molecule has 1 aromatic heterocycles. The molecular formula is C17H23N3. The lowest BCUT2D eigenvalue weighted by atomic mass is 9.67. The van der Waals surface area contributed by atoms with Gasteiger partial charge in [0.05, 0.1) is 5.69 Å². The molecule has 0 spiro atoms. The van der Waals surface area contributed by atoms with Gasteiger partial charge in [-0.3, -0.25) is 4.68 Å². The molecule has 1 aliphatic rings. The first-order valence-corrected chi connectivity index (χ1v) is 7.43. The van der Waals surface area contributed by atoms with E-state index in [1.165, 1.54) is 36.1 Å². The van der Waals surface area contributed by atoms with Crippen molar-refractivity contribution in [3.05, 3.63) is 52.8 Å². The average Bonchev–Trinajstić information content (AvgIpc) is 2.77. The zero-order valence-corrected chi connectivity index (χ0v) is 12.4. The molecule has 0 saturated heterocycles. The molecule has 2 aromatic rings. The van der Waals surface area contributed by atoms with Gasteiger partial charge in [-0.15, -0.1) is 0 Å². The quantitative estimate of drug-likeness (QED) is 0.930. The Balaban J connectivity index is 2.02. The Bertz CT molecular complexity index is 614. The Morgan fingerprint density at radius 2 is 2.15 bits per heavy atom. The molecule has 20 heavy (non-hydrogen) atoms. The summed E-state index contributed by atoms with van der Waals surface area (Å²) in [5, 5.41) is 4.47. The van der Waals surface area contributed by atoms with Crippen LogP contribution in [0.3, 0.4) is 0 Å². The molecule has 0 bridgehead atoms. The van der Waals surface area contributed by atoms with Crippen molar-refractivity contribution >= 4 is 0 Å². The maximum Gasteiger partial charge on any atom is 0.0596 e. The molecule has 0 aliphatic heterocycles. The van der Waals surface area contributed by atoms with E-state index in [4.69, 9.17) is 5.73 Å². The van der Waals surface area contributed by atoms with Gasteiger partial charge in [-0.05, 0) is 43.4 Å². The zero-order valence-electron chi connectivity index (χ0n) is 12.4. The Labute approximate surface area is 120 Å². The highest BCUT2D eigenvalue weighted by Gasteiger charge is 2.36. The molecule has 1 aromatic carbocycles. The van der Waals surface area contributed by atoms with Gasteiger partial charge in [0.15, 0.2) is 0 Å². The van der Waals surface area contributed by atoms with E-state index < -0.39 is 0 Å². The monoisotopic (exact) mass is 269 g/mol. The van der Waals surface area contributed by atoms with Crippen LogP contribution in [-0.4, -0.2) is 16.3 Å². The predicted octanol–water partition coefficient (Wildman–Crippen LogP) is 2.50. The lowest BCUT2D eigenvalue weighted by Crippen LogP contribution is -2.41. The van der Waals surface area contributed by atoms with Crippen LogP contribution in [0.2, 0.25) is 0 Å². The third-order valence-electron chi connectivity index (χ3n) is 4.70. The van der Waals surface area contributed by atoms with Gasteiger partial charge in [-0.1, -0.05) is 24.3 Å². The SMILES string of the molecule is Cc1cc(CC2(CN)CCCc3ccccc32)n(C)n1. The van der Waals surface area contributed by atoms with Crippen LogP contribution in [0.5, 0.6) is 0 Å². The number of hydrogen-bond donors (Lipinski definition) is 1. The van der Waals surface area contributed by atoms with Gasteiger partial charge in [-0.25, -0.2) is 0 Å². The van der Waals surface area contributed by atoms with Crippen molar-refractivity contribution in [3.8, 4) is 0 Å². The van der Waals surface area contributed by atoms with Gasteiger partial charge < -0.3 is 5.73 Å². The van der Waals surface area contributed by atoms with Gasteiger partial charge in [0.1, 0.15) is 0 Å². The molecule has 3 heteroatoms. The molecular weight excluding hydrogens is 246 g/mol. The number of nitrogens with zero attached hydrogens (tertiary/aromatic N) is 2. The van der Waals surface area contributed by atoms with Crippen LogP contribution in [0.15, 0.2) is 30.3 Å². The van der Waals surface area contributed by atoms with Crippen LogP contribution >= 0.6 is 0 Å². The fourth-order valence-electron chi connectivity index (χ4n) is 3.65. The van der Waals surface area contributed by atoms with Crippen molar-refractivity contribution in [2.24, 2.45) is 12.8 Å². The normalized spacial score (nSPS) is 21.8. The van der Waals surface area contributed by atoms with Crippen LogP contribution in [0.1, 0.15) is 35.4 Å². The first-order valence-electron chi connectivity index (χ1n) is 7.43. The van der Waals surface area contributed by atoms with Crippen LogP contribution in [0.4, 0.5) is 0 Å². The first kappa shape index (κ1) is 13.4. The molecule has 1 unspecified atom stereocenters. The van der Waals surface area contributed by atoms with Crippen LogP contribution in [0, 0.1) is 6.92 Å². The fraction of sp³-hybridized carbons (Fsp3) is 0.471. The van der Waals surface area contributed by atoms with E-state index in [2.05, 4.69) is 35.4 Å². The largest absolute Gasteiger partial charge is 0.330 e. The Kier molecular flexibility index (Phi) is 3.38. The molecule has 1 aliphatic carbocycles. The number of nitrogens with two attached hydrogens (primary N) is 1. The van der Waals surface area contributed by atoms with Crippen molar-refractivity contribution < 1.29 is 0 Å². The predicted molar refractivity (Wildman–Crippen MR) is 81.8 cm³/mol. The standard InChI is InChI=1S/C17H23N3/c1-13-10-15(20(2)19-13)11-17(12-18)9-5-7-14-6-3-4-8-16(14)17/h3-4,6,8,10H,5,7,9,11-12,18H2,1-2H3. The summed E-state index contributed by atoms with van der Waals surface area (Å²) in [5.74, 6) is 0. The molecule has 2 N–H and O–H groups in total. The summed E-state index contributed by atoms with van der Waals surface area (Å²) < 4.78 is 2.00. The zero-order chi connectivity index (χ0) is 14.2. The number of rotatable bonds is 3. The lowest BCUT2D eigenvalue weighted by Gasteiger charge is -2.38. The van der Waals surface area contributed by atoms with E-state index in [1.807, 2.05) is 18.7 Å². The highest BCUT2D eigenvalue weighted by atomic mass is 15.3. The molecule has 1 heterocycles. The molecule has 106 valence electrons. The van der Waals surface area contributed by atoms with E-state index in [9.17, 15) is 0 Å². The minimum atomic E-state index is 0.0784. The van der Waals surface area contributed by atoms with Crippen molar-refractivity contribution in [1.29, 1.82) is 0 Å². The van der Waals surface area contributed by atoms with E-state index in [1.54, 1.807) is 0 Å². The van der Waals surface area contributed by atoms with E-state index >= 15 is 0 Å². The van der Waals surface area contributed by atoms with Gasteiger partial charge in [-0.2, -0.15) is 5.10 Å². The lowest BCUT2D eigenvalue weighted by molar-refractivity contribution is 0.357. The number of aromatic nitrogens is 2. The topological polar surface area (TPSA) is 43.8 Å². The second-order valence-electron chi connectivity index (χ2n) is 6.07. The summed E-state index contributed by atoms with van der Waals surface area (Å²) >= 11 is 0. The Morgan fingerprint density at radius 1 is 1.35 bits per heavy atom. The molecule has 3 nitrogen and oxygen atoms in total. The molecule has 0 amide bonds. The van der Waals surface area contributed by atoms with Crippen molar-refractivity contribution in [2.75, 3.05) is 6.54 Å². The summed E-state index contributed by atoms with van der Waals surface area (Å²) in [5.41, 5.74) is 11.6. The van der Waals surface area contributed by atoms with Crippen molar-refractivity contribution in [3.63, 3.8) is 0 Å². The van der Waals surface area contributed by atoms with Gasteiger partial charge in [0, 0.05) is 31.1 Å². The fourth-order valence-corrected chi connectivity index (χ4v) is 3.65. The summed E-state index contributed by atoms with van der Waals surface area (Å²) in [6.45, 7) is 2.75. The third kappa shape index (κ3) is 2.16. The Hall–Kier alpha value is -1.61. The van der Waals surface area contributed by atoms with E-state index in [0.717, 1.165) is 12.1 Å². The maximum absolute atomic E-state index is 6.23. The molecule has 0 radical (unpaired) electrons. The molecule has 0 fully saturated rings. The second-order valence-corrected chi connectivity index (χ2v) is 6.07. The first-order chi connectivity index (χ1) is 9.64. The second kappa shape index (κ2) is 5.06. The van der Waals surface area contributed by atoms with E-state index in [-0.39, 0.29) is 5.41 Å². The van der Waals surface area contributed by atoms with Gasteiger partial charge in [0.25, 0.3) is 0 Å². The van der Waals surface area contributed by atoms with Crippen molar-refractivity contribution in [1.82, 2.24) is 9.78 Å². The molecule has 1 atom stereocenters. The number of hydrogen-bond acceptors (Lipinski definition) is 2. The van der Waals surface area contributed by atoms with Crippen LogP contribution < -0.4 is 5.73 Å². The molecule has 3 rings (SSSR count). The summed E-state index contributed by atoms with van der Waals surface area (Å²) in [6.07, 6.45) is 4.57. The highest BCUT2D eigenvalue weighted by Crippen LogP contribution is 2.39. The van der Waals surface area contributed by atoms with Gasteiger partial charge >= 0.3 is 0 Å². The smallest absolute Gasteiger partial charge is 0.0596 e. The minimum Gasteiger partial charge on any atom is -0.330 e. The highest BCUT2D eigenvalue weighted by molar-refractivity contribution is 5.38. The Morgan fingerprint density at radius 3 is 2.85 bits per heavy atom. The number of benzene rings is 1. The van der Waals surface area contributed by atoms with Gasteiger partial charge in [0.2, 0.25) is 0 Å². The van der Waals surface area contributed by atoms with Crippen LogP contribution in [0.25, 0.3) is 0 Å². The number of fused-ring (bicyclic) bond motifs is 1. The summed E-state index contributed by atoms with van der Waals surface area (Å²) in [4.78, 5) is 0. The van der Waals surface area contributed by atoms with Crippen molar-refractivity contribution in [2.45, 2.75) is 38.0 Å². The maximum atomic E-state index is 6.23. The minimum absolute atomic E-state index is 0.0784. The number of aryl methyl sites for hydroxylation is 3. The average molecular weight is 269 g/mol. The van der Waals surface area contributed by atoms with E-state index in [0.29, 0.717) is 6.54 Å². The third-order valence-corrected chi connectivity index (χ3v) is 4.70. The summed E-state index contributed by atoms with van der Waals surface area (Å²) in [7, 11) is 2.03. The molecule has 0 saturated carbocycles. The van der Waals surface area contributed by atoms with Crippen LogP contribution in [-0.2, 0) is 25.3 Å².